The van der Waals surface area contributed by atoms with Gasteiger partial charge < -0.3 is 29.5 Å². The van der Waals surface area contributed by atoms with Crippen LogP contribution in [-0.4, -0.2) is 64.1 Å². The largest absolute Gasteiger partial charge is 0.452 e. The molecule has 0 spiro atoms. The van der Waals surface area contributed by atoms with Crippen molar-refractivity contribution < 1.29 is 39.1 Å². The van der Waals surface area contributed by atoms with Crippen molar-refractivity contribution in [1.82, 2.24) is 0 Å². The standard InChI is InChI=1S/C42H80O8/c1-4-7-10-12-14-16-18-20-22-24-26-28-30-32-37(44)48-41-40(47)39(46)36(35-43)49-42(41,34-9-6-3)50-38(45)33-31-29-27-25-23-21-19-17-15-13-11-8-5-2/h36,39-41,43,46-47H,4-35H2,1-3H3/t36-,39-,40+,41-,42?/m1/s1. The van der Waals surface area contributed by atoms with Crippen LogP contribution in [0.5, 0.6) is 0 Å². The smallest absolute Gasteiger partial charge is 0.308 e. The summed E-state index contributed by atoms with van der Waals surface area (Å²) in [6, 6.07) is 0. The summed E-state index contributed by atoms with van der Waals surface area (Å²) >= 11 is 0. The summed E-state index contributed by atoms with van der Waals surface area (Å²) in [5, 5.41) is 31.7. The fraction of sp³-hybridized carbons (Fsp3) is 0.952. The fourth-order valence-corrected chi connectivity index (χ4v) is 7.13. The van der Waals surface area contributed by atoms with E-state index in [1.807, 2.05) is 6.92 Å². The second-order valence-electron chi connectivity index (χ2n) is 15.1. The molecular formula is C42H80O8. The molecule has 0 bridgehead atoms. The Balaban J connectivity index is 2.51. The van der Waals surface area contributed by atoms with Crippen LogP contribution in [0.3, 0.4) is 0 Å². The summed E-state index contributed by atoms with van der Waals surface area (Å²) in [7, 11) is 0. The number of hydrogen-bond donors (Lipinski definition) is 3. The molecule has 0 aromatic rings. The van der Waals surface area contributed by atoms with Crippen LogP contribution in [0.15, 0.2) is 0 Å². The van der Waals surface area contributed by atoms with Gasteiger partial charge in [0.2, 0.25) is 0 Å². The lowest BCUT2D eigenvalue weighted by Gasteiger charge is -2.48. The van der Waals surface area contributed by atoms with E-state index in [0.29, 0.717) is 19.3 Å². The number of carbonyl (C=O) groups is 2. The summed E-state index contributed by atoms with van der Waals surface area (Å²) in [4.78, 5) is 26.2. The molecule has 1 aliphatic heterocycles. The minimum absolute atomic E-state index is 0.178. The summed E-state index contributed by atoms with van der Waals surface area (Å²) in [6.45, 7) is 5.91. The van der Waals surface area contributed by atoms with E-state index in [1.54, 1.807) is 0 Å². The zero-order valence-corrected chi connectivity index (χ0v) is 32.8. The van der Waals surface area contributed by atoms with Crippen molar-refractivity contribution in [3.8, 4) is 0 Å². The number of rotatable bonds is 34. The minimum Gasteiger partial charge on any atom is -0.452 e. The fourth-order valence-electron chi connectivity index (χ4n) is 7.13. The van der Waals surface area contributed by atoms with Crippen LogP contribution in [-0.2, 0) is 23.8 Å². The van der Waals surface area contributed by atoms with Gasteiger partial charge in [-0.15, -0.1) is 0 Å². The minimum atomic E-state index is -1.76. The number of aliphatic hydroxyl groups excluding tert-OH is 3. The zero-order chi connectivity index (χ0) is 36.7. The van der Waals surface area contributed by atoms with Gasteiger partial charge in [0.25, 0.3) is 5.79 Å². The van der Waals surface area contributed by atoms with Gasteiger partial charge >= 0.3 is 11.9 Å². The highest BCUT2D eigenvalue weighted by molar-refractivity contribution is 5.71. The van der Waals surface area contributed by atoms with Crippen LogP contribution in [0.4, 0.5) is 0 Å². The van der Waals surface area contributed by atoms with Gasteiger partial charge in [0.1, 0.15) is 18.3 Å². The van der Waals surface area contributed by atoms with Crippen molar-refractivity contribution in [3.05, 3.63) is 0 Å². The molecular weight excluding hydrogens is 632 g/mol. The second kappa shape index (κ2) is 31.3. The van der Waals surface area contributed by atoms with Gasteiger partial charge in [-0.25, -0.2) is 0 Å². The monoisotopic (exact) mass is 713 g/mol. The molecule has 5 atom stereocenters. The number of hydrogen-bond acceptors (Lipinski definition) is 8. The Bertz CT molecular complexity index is 807. The van der Waals surface area contributed by atoms with Gasteiger partial charge in [-0.1, -0.05) is 181 Å². The highest BCUT2D eigenvalue weighted by Gasteiger charge is 2.58. The average molecular weight is 713 g/mol. The van der Waals surface area contributed by atoms with E-state index < -0.39 is 48.7 Å². The van der Waals surface area contributed by atoms with E-state index in [-0.39, 0.29) is 19.3 Å². The molecule has 0 aromatic heterocycles. The number of esters is 2. The molecule has 0 amide bonds. The van der Waals surface area contributed by atoms with E-state index in [0.717, 1.165) is 44.9 Å². The maximum absolute atomic E-state index is 13.2. The molecule has 1 unspecified atom stereocenters. The molecule has 1 fully saturated rings. The average Bonchev–Trinajstić information content (AvgIpc) is 3.11. The van der Waals surface area contributed by atoms with Crippen molar-refractivity contribution in [2.45, 2.75) is 250 Å². The van der Waals surface area contributed by atoms with E-state index in [4.69, 9.17) is 14.2 Å². The molecule has 0 aromatic carbocycles. The SMILES string of the molecule is CCCCCCCCCCCCCCCC(=O)O[C@@H]1[C@@H](O)[C@H](O)[C@@H](CO)OC1(CCCC)OC(=O)CCCCCCCCCCCCCCC. The molecule has 8 nitrogen and oxygen atoms in total. The zero-order valence-electron chi connectivity index (χ0n) is 32.8. The van der Waals surface area contributed by atoms with E-state index in [2.05, 4.69) is 13.8 Å². The number of carbonyl (C=O) groups excluding carboxylic acids is 2. The lowest BCUT2D eigenvalue weighted by molar-refractivity contribution is -0.355. The van der Waals surface area contributed by atoms with Crippen LogP contribution in [0.2, 0.25) is 0 Å². The summed E-state index contributed by atoms with van der Waals surface area (Å²) in [5.74, 6) is -2.76. The van der Waals surface area contributed by atoms with Gasteiger partial charge in [-0.2, -0.15) is 0 Å². The van der Waals surface area contributed by atoms with Gasteiger partial charge in [0.05, 0.1) is 6.61 Å². The molecule has 1 saturated heterocycles. The number of ether oxygens (including phenoxy) is 3. The van der Waals surface area contributed by atoms with Crippen LogP contribution in [0.1, 0.15) is 220 Å². The Morgan fingerprint density at radius 1 is 0.520 bits per heavy atom. The third-order valence-electron chi connectivity index (χ3n) is 10.4. The first-order valence-electron chi connectivity index (χ1n) is 21.4. The van der Waals surface area contributed by atoms with Crippen molar-refractivity contribution in [1.29, 1.82) is 0 Å². The lowest BCUT2D eigenvalue weighted by atomic mass is 9.89. The Kier molecular flexibility index (Phi) is 29.3. The summed E-state index contributed by atoms with van der Waals surface area (Å²) < 4.78 is 17.8. The van der Waals surface area contributed by atoms with Crippen LogP contribution < -0.4 is 0 Å². The maximum atomic E-state index is 13.2. The Morgan fingerprint density at radius 3 is 1.26 bits per heavy atom. The van der Waals surface area contributed by atoms with Crippen molar-refractivity contribution in [3.63, 3.8) is 0 Å². The van der Waals surface area contributed by atoms with Gasteiger partial charge in [-0.05, 0) is 19.3 Å². The number of unbranched alkanes of at least 4 members (excludes halogenated alkanes) is 25. The Hall–Kier alpha value is -1.22. The van der Waals surface area contributed by atoms with E-state index in [1.165, 1.54) is 116 Å². The molecule has 296 valence electrons. The summed E-state index contributed by atoms with van der Waals surface area (Å²) in [6.07, 6.45) is 27.6. The Morgan fingerprint density at radius 2 is 0.880 bits per heavy atom. The molecule has 0 aliphatic carbocycles. The predicted octanol–water partition coefficient (Wildman–Crippen LogP) is 10.4. The first-order chi connectivity index (χ1) is 24.3. The van der Waals surface area contributed by atoms with Crippen molar-refractivity contribution in [2.75, 3.05) is 6.61 Å². The normalized spacial score (nSPS) is 22.1. The third-order valence-corrected chi connectivity index (χ3v) is 10.4. The molecule has 1 heterocycles. The van der Waals surface area contributed by atoms with Gasteiger partial charge in [0.15, 0.2) is 6.10 Å². The second-order valence-corrected chi connectivity index (χ2v) is 15.1. The van der Waals surface area contributed by atoms with Crippen LogP contribution >= 0.6 is 0 Å². The van der Waals surface area contributed by atoms with Crippen molar-refractivity contribution in [2.24, 2.45) is 0 Å². The van der Waals surface area contributed by atoms with Gasteiger partial charge in [-0.3, -0.25) is 9.59 Å². The molecule has 8 heteroatoms. The van der Waals surface area contributed by atoms with E-state index in [9.17, 15) is 24.9 Å². The highest BCUT2D eigenvalue weighted by Crippen LogP contribution is 2.38. The Labute approximate surface area is 307 Å². The van der Waals surface area contributed by atoms with Crippen molar-refractivity contribution >= 4 is 11.9 Å². The molecule has 0 radical (unpaired) electrons. The number of aliphatic hydroxyl groups is 3. The molecule has 3 N–H and O–H groups in total. The van der Waals surface area contributed by atoms with Gasteiger partial charge in [0, 0.05) is 19.3 Å². The molecule has 1 rings (SSSR count). The van der Waals surface area contributed by atoms with Crippen LogP contribution in [0.25, 0.3) is 0 Å². The highest BCUT2D eigenvalue weighted by atomic mass is 16.8. The first kappa shape index (κ1) is 46.8. The quantitative estimate of drug-likeness (QED) is 0.0445. The topological polar surface area (TPSA) is 123 Å². The van der Waals surface area contributed by atoms with Crippen LogP contribution in [0, 0.1) is 0 Å². The predicted molar refractivity (Wildman–Crippen MR) is 203 cm³/mol. The maximum Gasteiger partial charge on any atom is 0.308 e. The molecule has 0 saturated carbocycles. The summed E-state index contributed by atoms with van der Waals surface area (Å²) in [5.41, 5.74) is 0. The lowest BCUT2D eigenvalue weighted by Crippen LogP contribution is -2.67. The third kappa shape index (κ3) is 21.3. The molecule has 1 aliphatic rings. The first-order valence-corrected chi connectivity index (χ1v) is 21.4. The molecule has 50 heavy (non-hydrogen) atoms. The van der Waals surface area contributed by atoms with E-state index >= 15 is 0 Å².